The van der Waals surface area contributed by atoms with E-state index >= 15 is 0 Å². The van der Waals surface area contributed by atoms with E-state index in [0.717, 1.165) is 44.5 Å². The number of piperidine rings is 1. The predicted octanol–water partition coefficient (Wildman–Crippen LogP) is 2.95. The molecule has 1 aromatic carbocycles. The summed E-state index contributed by atoms with van der Waals surface area (Å²) in [5, 5.41) is 9.78. The number of ether oxygens (including phenoxy) is 1. The number of hydrogen-bond donors (Lipinski definition) is 1. The number of likely N-dealkylation sites (tertiary alicyclic amines) is 1. The van der Waals surface area contributed by atoms with Crippen molar-refractivity contribution in [2.75, 3.05) is 40.0 Å². The molecule has 1 aliphatic heterocycles. The van der Waals surface area contributed by atoms with Crippen LogP contribution in [0.3, 0.4) is 0 Å². The van der Waals surface area contributed by atoms with E-state index in [2.05, 4.69) is 11.0 Å². The second-order valence-corrected chi connectivity index (χ2v) is 6.19. The number of benzene rings is 1. The summed E-state index contributed by atoms with van der Waals surface area (Å²) in [5.41, 5.74) is 0.976. The van der Waals surface area contributed by atoms with E-state index in [4.69, 9.17) is 4.74 Å². The zero-order valence-corrected chi connectivity index (χ0v) is 13.3. The van der Waals surface area contributed by atoms with Crippen molar-refractivity contribution in [3.8, 4) is 0 Å². The average molecular weight is 307 g/mol. The molecular weight excluding hydrogens is 281 g/mol. The molecule has 1 fully saturated rings. The number of hydrogen-bond acceptors (Lipinski definition) is 3. The first kappa shape index (κ1) is 17.1. The number of aliphatic hydroxyl groups excluding tert-OH is 1. The second-order valence-electron chi connectivity index (χ2n) is 6.19. The van der Waals surface area contributed by atoms with Gasteiger partial charge in [0.05, 0.1) is 6.61 Å². The smallest absolute Gasteiger partial charge is 0.123 e. The van der Waals surface area contributed by atoms with Crippen LogP contribution in [0.5, 0.6) is 0 Å². The summed E-state index contributed by atoms with van der Waals surface area (Å²) in [4.78, 5) is 2.37. The lowest BCUT2D eigenvalue weighted by Gasteiger charge is -2.41. The molecule has 0 bridgehead atoms. The minimum absolute atomic E-state index is 0.0298. The Morgan fingerprint density at radius 3 is 2.82 bits per heavy atom. The normalized spacial score (nSPS) is 23.2. The quantitative estimate of drug-likeness (QED) is 0.840. The fourth-order valence-corrected chi connectivity index (χ4v) is 3.11. The van der Waals surface area contributed by atoms with Crippen molar-refractivity contribution < 1.29 is 14.2 Å². The van der Waals surface area contributed by atoms with Crippen molar-refractivity contribution in [1.82, 2.24) is 4.90 Å². The zero-order valence-electron chi connectivity index (χ0n) is 13.3. The van der Waals surface area contributed by atoms with Crippen molar-refractivity contribution in [3.63, 3.8) is 0 Å². The molecule has 1 heterocycles. The summed E-state index contributed by atoms with van der Waals surface area (Å²) in [6, 6.07) is 6.50. The molecule has 0 aromatic heterocycles. The third-order valence-corrected chi connectivity index (χ3v) is 4.46. The first-order chi connectivity index (χ1) is 10.7. The molecule has 1 aliphatic rings. The molecule has 0 aliphatic carbocycles. The highest BCUT2D eigenvalue weighted by Crippen LogP contribution is 2.33. The summed E-state index contributed by atoms with van der Waals surface area (Å²) < 4.78 is 18.0. The Morgan fingerprint density at radius 1 is 1.36 bits per heavy atom. The van der Waals surface area contributed by atoms with Crippen molar-refractivity contribution >= 4 is 6.08 Å². The highest BCUT2D eigenvalue weighted by atomic mass is 19.1. The number of rotatable bonds is 7. The predicted molar refractivity (Wildman–Crippen MR) is 87.1 cm³/mol. The Labute approximate surface area is 132 Å². The van der Waals surface area contributed by atoms with Crippen LogP contribution in [0.25, 0.3) is 6.08 Å². The monoisotopic (exact) mass is 307 g/mol. The Balaban J connectivity index is 1.88. The Hall–Kier alpha value is -1.23. The lowest BCUT2D eigenvalue weighted by Crippen LogP contribution is -2.45. The molecule has 1 saturated heterocycles. The number of nitrogens with zero attached hydrogens (tertiary/aromatic N) is 1. The maximum Gasteiger partial charge on any atom is 0.123 e. The fraction of sp³-hybridized carbons (Fsp3) is 0.556. The van der Waals surface area contributed by atoms with Crippen LogP contribution >= 0.6 is 0 Å². The van der Waals surface area contributed by atoms with E-state index in [0.29, 0.717) is 6.61 Å². The van der Waals surface area contributed by atoms with Gasteiger partial charge < -0.3 is 9.84 Å². The van der Waals surface area contributed by atoms with E-state index in [-0.39, 0.29) is 17.8 Å². The summed E-state index contributed by atoms with van der Waals surface area (Å²) in [6.07, 6.45) is 7.19. The SMILES string of the molecule is COCCC1(CO)CCCN(CC=Cc2ccc(F)cc2)C1. The van der Waals surface area contributed by atoms with E-state index in [1.807, 2.05) is 6.08 Å². The van der Waals surface area contributed by atoms with Crippen LogP contribution in [0, 0.1) is 11.2 Å². The van der Waals surface area contributed by atoms with Crippen LogP contribution in [-0.4, -0.2) is 50.0 Å². The average Bonchev–Trinajstić information content (AvgIpc) is 2.55. The van der Waals surface area contributed by atoms with Gasteiger partial charge in [-0.2, -0.15) is 0 Å². The molecule has 0 radical (unpaired) electrons. The van der Waals surface area contributed by atoms with Crippen molar-refractivity contribution in [2.45, 2.75) is 19.3 Å². The van der Waals surface area contributed by atoms with Gasteiger partial charge in [-0.1, -0.05) is 24.3 Å². The molecule has 22 heavy (non-hydrogen) atoms. The number of methoxy groups -OCH3 is 1. The van der Waals surface area contributed by atoms with Gasteiger partial charge in [0.15, 0.2) is 0 Å². The van der Waals surface area contributed by atoms with Gasteiger partial charge in [-0.25, -0.2) is 4.39 Å². The van der Waals surface area contributed by atoms with E-state index < -0.39 is 0 Å². The minimum atomic E-state index is -0.209. The maximum atomic E-state index is 12.9. The van der Waals surface area contributed by atoms with Crippen molar-refractivity contribution in [3.05, 3.63) is 41.7 Å². The molecule has 2 rings (SSSR count). The van der Waals surface area contributed by atoms with E-state index in [1.54, 1.807) is 19.2 Å². The largest absolute Gasteiger partial charge is 0.396 e. The molecule has 0 spiro atoms. The van der Waals surface area contributed by atoms with Crippen LogP contribution in [0.4, 0.5) is 4.39 Å². The van der Waals surface area contributed by atoms with Gasteiger partial charge in [0, 0.05) is 32.2 Å². The van der Waals surface area contributed by atoms with Gasteiger partial charge in [0.1, 0.15) is 5.82 Å². The lowest BCUT2D eigenvalue weighted by molar-refractivity contribution is 0.0115. The molecule has 122 valence electrons. The van der Waals surface area contributed by atoms with Gasteiger partial charge in [-0.15, -0.1) is 0 Å². The second kappa shape index (κ2) is 8.42. The minimum Gasteiger partial charge on any atom is -0.396 e. The molecule has 3 nitrogen and oxygen atoms in total. The van der Waals surface area contributed by atoms with E-state index in [1.165, 1.54) is 12.1 Å². The number of aliphatic hydroxyl groups is 1. The van der Waals surface area contributed by atoms with Crippen molar-refractivity contribution in [2.24, 2.45) is 5.41 Å². The molecule has 1 unspecified atom stereocenters. The molecule has 1 N–H and O–H groups in total. The first-order valence-electron chi connectivity index (χ1n) is 7.92. The third-order valence-electron chi connectivity index (χ3n) is 4.46. The highest BCUT2D eigenvalue weighted by molar-refractivity contribution is 5.48. The number of halogens is 1. The molecule has 4 heteroatoms. The summed E-state index contributed by atoms with van der Waals surface area (Å²) >= 11 is 0. The molecular formula is C18H26FNO2. The van der Waals surface area contributed by atoms with Crippen LogP contribution in [0.2, 0.25) is 0 Å². The van der Waals surface area contributed by atoms with Crippen LogP contribution < -0.4 is 0 Å². The van der Waals surface area contributed by atoms with Gasteiger partial charge in [0.2, 0.25) is 0 Å². The summed E-state index contributed by atoms with van der Waals surface area (Å²) in [6.45, 7) is 3.73. The van der Waals surface area contributed by atoms with Gasteiger partial charge in [0.25, 0.3) is 0 Å². The standard InChI is InChI=1S/C18H26FNO2/c1-22-13-10-18(15-21)9-3-12-20(14-18)11-2-4-16-5-7-17(19)8-6-16/h2,4-8,21H,3,9-15H2,1H3. The maximum absolute atomic E-state index is 12.9. The Morgan fingerprint density at radius 2 is 2.14 bits per heavy atom. The Bertz CT molecular complexity index is 474. The molecule has 1 atom stereocenters. The molecule has 1 aromatic rings. The lowest BCUT2D eigenvalue weighted by atomic mass is 9.78. The Kier molecular flexibility index (Phi) is 6.55. The van der Waals surface area contributed by atoms with Crippen LogP contribution in [0.15, 0.2) is 30.3 Å². The van der Waals surface area contributed by atoms with Gasteiger partial charge in [-0.3, -0.25) is 4.90 Å². The third kappa shape index (κ3) is 4.90. The summed E-state index contributed by atoms with van der Waals surface area (Å²) in [7, 11) is 1.71. The summed E-state index contributed by atoms with van der Waals surface area (Å²) in [5.74, 6) is -0.209. The van der Waals surface area contributed by atoms with Gasteiger partial charge >= 0.3 is 0 Å². The van der Waals surface area contributed by atoms with E-state index in [9.17, 15) is 9.50 Å². The topological polar surface area (TPSA) is 32.7 Å². The van der Waals surface area contributed by atoms with Gasteiger partial charge in [-0.05, 0) is 43.5 Å². The fourth-order valence-electron chi connectivity index (χ4n) is 3.11. The van der Waals surface area contributed by atoms with Crippen LogP contribution in [0.1, 0.15) is 24.8 Å². The molecule has 0 saturated carbocycles. The first-order valence-corrected chi connectivity index (χ1v) is 7.92. The zero-order chi connectivity index (χ0) is 15.8. The molecule has 0 amide bonds. The van der Waals surface area contributed by atoms with Crippen molar-refractivity contribution in [1.29, 1.82) is 0 Å². The highest BCUT2D eigenvalue weighted by Gasteiger charge is 2.34. The van der Waals surface area contributed by atoms with Crippen LogP contribution in [-0.2, 0) is 4.74 Å².